The molecule has 0 saturated heterocycles. The summed E-state index contributed by atoms with van der Waals surface area (Å²) >= 11 is 10.8. The lowest BCUT2D eigenvalue weighted by molar-refractivity contribution is 0.217. The molecule has 2 rings (SSSR count). The van der Waals surface area contributed by atoms with Crippen molar-refractivity contribution in [2.75, 3.05) is 33.6 Å². The molecule has 5 nitrogen and oxygen atoms in total. The summed E-state index contributed by atoms with van der Waals surface area (Å²) in [4.78, 5) is 0.658. The summed E-state index contributed by atoms with van der Waals surface area (Å²) < 4.78 is 10.6. The van der Waals surface area contributed by atoms with Crippen molar-refractivity contribution in [1.82, 2.24) is 10.0 Å². The minimum absolute atomic E-state index is 0.566. The standard InChI is InChI=1S/C12H15N3O2S2/c1-14-11(18)7-5-9(16-3)10(17-4)6-8(7)13-12(19)15(14)2/h5-6H,1-4H3,(H,13,19). The number of thiocarbonyl (C=S) groups is 2. The monoisotopic (exact) mass is 297 g/mol. The van der Waals surface area contributed by atoms with Crippen molar-refractivity contribution in [2.24, 2.45) is 0 Å². The first kappa shape index (κ1) is 13.8. The average molecular weight is 297 g/mol. The van der Waals surface area contributed by atoms with E-state index in [1.807, 2.05) is 31.2 Å². The van der Waals surface area contributed by atoms with Gasteiger partial charge in [-0.15, -0.1) is 0 Å². The first-order chi connectivity index (χ1) is 8.99. The van der Waals surface area contributed by atoms with Crippen molar-refractivity contribution < 1.29 is 9.47 Å². The molecule has 1 aliphatic rings. The highest BCUT2D eigenvalue weighted by Gasteiger charge is 2.24. The van der Waals surface area contributed by atoms with Crippen molar-refractivity contribution in [3.63, 3.8) is 0 Å². The predicted molar refractivity (Wildman–Crippen MR) is 83.0 cm³/mol. The second kappa shape index (κ2) is 5.18. The van der Waals surface area contributed by atoms with Gasteiger partial charge in [-0.2, -0.15) is 0 Å². The van der Waals surface area contributed by atoms with Crippen LogP contribution in [0.4, 0.5) is 5.69 Å². The zero-order valence-corrected chi connectivity index (χ0v) is 12.8. The molecule has 0 radical (unpaired) electrons. The van der Waals surface area contributed by atoms with Crippen LogP contribution in [0.15, 0.2) is 12.1 Å². The van der Waals surface area contributed by atoms with Crippen molar-refractivity contribution in [2.45, 2.75) is 0 Å². The van der Waals surface area contributed by atoms with Crippen molar-refractivity contribution in [3.05, 3.63) is 17.7 Å². The topological polar surface area (TPSA) is 37.0 Å². The lowest BCUT2D eigenvalue weighted by Gasteiger charge is -2.29. The van der Waals surface area contributed by atoms with E-state index in [0.717, 1.165) is 11.3 Å². The average Bonchev–Trinajstić information content (AvgIpc) is 2.50. The summed E-state index contributed by atoms with van der Waals surface area (Å²) in [5.41, 5.74) is 1.66. The Morgan fingerprint density at radius 2 is 1.58 bits per heavy atom. The van der Waals surface area contributed by atoms with Gasteiger partial charge in [0.15, 0.2) is 16.6 Å². The zero-order chi connectivity index (χ0) is 14.2. The predicted octanol–water partition coefficient (Wildman–Crippen LogP) is 1.87. The normalized spacial score (nSPS) is 14.7. The Hall–Kier alpha value is -1.60. The van der Waals surface area contributed by atoms with Gasteiger partial charge in [-0.05, 0) is 18.3 Å². The molecule has 0 bridgehead atoms. The zero-order valence-electron chi connectivity index (χ0n) is 11.2. The molecule has 1 aromatic carbocycles. The summed E-state index contributed by atoms with van der Waals surface area (Å²) in [5, 5.41) is 7.30. The number of benzene rings is 1. The van der Waals surface area contributed by atoms with Crippen molar-refractivity contribution in [1.29, 1.82) is 0 Å². The lowest BCUT2D eigenvalue weighted by Crippen LogP contribution is -2.43. The SMILES string of the molecule is COc1cc2c(cc1OC)C(=S)N(C)N(C)C(=S)N2. The number of anilines is 1. The van der Waals surface area contributed by atoms with E-state index in [0.29, 0.717) is 21.6 Å². The number of hydrogen-bond acceptors (Lipinski definition) is 4. The second-order valence-corrected chi connectivity index (χ2v) is 4.81. The van der Waals surface area contributed by atoms with Gasteiger partial charge in [-0.25, -0.2) is 0 Å². The molecule has 102 valence electrons. The molecule has 1 aromatic rings. The molecule has 0 aromatic heterocycles. The second-order valence-electron chi connectivity index (χ2n) is 4.04. The first-order valence-electron chi connectivity index (χ1n) is 5.58. The molecule has 1 aliphatic heterocycles. The van der Waals surface area contributed by atoms with Crippen LogP contribution in [0.1, 0.15) is 5.56 Å². The number of hydrogen-bond donors (Lipinski definition) is 1. The number of fused-ring (bicyclic) bond motifs is 1. The van der Waals surface area contributed by atoms with Gasteiger partial charge < -0.3 is 14.8 Å². The maximum Gasteiger partial charge on any atom is 0.192 e. The number of methoxy groups -OCH3 is 2. The summed E-state index contributed by atoms with van der Waals surface area (Å²) in [5.74, 6) is 1.26. The van der Waals surface area contributed by atoms with Crippen molar-refractivity contribution >= 4 is 40.2 Å². The molecule has 0 spiro atoms. The van der Waals surface area contributed by atoms with Crippen LogP contribution in [0.2, 0.25) is 0 Å². The maximum absolute atomic E-state index is 5.48. The highest BCUT2D eigenvalue weighted by atomic mass is 32.1. The molecule has 0 aliphatic carbocycles. The number of hydrazine groups is 1. The van der Waals surface area contributed by atoms with Gasteiger partial charge in [0.1, 0.15) is 4.99 Å². The molecule has 19 heavy (non-hydrogen) atoms. The molecule has 1 heterocycles. The van der Waals surface area contributed by atoms with E-state index in [4.69, 9.17) is 33.9 Å². The van der Waals surface area contributed by atoms with Gasteiger partial charge in [-0.3, -0.25) is 10.0 Å². The van der Waals surface area contributed by atoms with Crippen LogP contribution in [-0.2, 0) is 0 Å². The van der Waals surface area contributed by atoms with E-state index < -0.39 is 0 Å². The van der Waals surface area contributed by atoms with Crippen LogP contribution >= 0.6 is 24.4 Å². The molecule has 0 saturated carbocycles. The van der Waals surface area contributed by atoms with Crippen LogP contribution in [0.3, 0.4) is 0 Å². The summed E-state index contributed by atoms with van der Waals surface area (Å²) in [6.45, 7) is 0. The Morgan fingerprint density at radius 3 is 2.16 bits per heavy atom. The summed E-state index contributed by atoms with van der Waals surface area (Å²) in [7, 11) is 6.90. The van der Waals surface area contributed by atoms with Gasteiger partial charge in [0.2, 0.25) is 0 Å². The van der Waals surface area contributed by atoms with E-state index in [2.05, 4.69) is 5.32 Å². The highest BCUT2D eigenvalue weighted by molar-refractivity contribution is 7.81. The lowest BCUT2D eigenvalue weighted by atomic mass is 10.1. The highest BCUT2D eigenvalue weighted by Crippen LogP contribution is 2.35. The van der Waals surface area contributed by atoms with Gasteiger partial charge >= 0.3 is 0 Å². The van der Waals surface area contributed by atoms with Gasteiger partial charge in [0, 0.05) is 25.7 Å². The Labute approximate surface area is 123 Å². The Bertz CT molecular complexity index is 548. The van der Waals surface area contributed by atoms with Crippen LogP contribution < -0.4 is 14.8 Å². The molecule has 0 amide bonds. The molecule has 0 atom stereocenters. The number of rotatable bonds is 2. The van der Waals surface area contributed by atoms with E-state index >= 15 is 0 Å². The van der Waals surface area contributed by atoms with E-state index in [-0.39, 0.29) is 0 Å². The third-order valence-corrected chi connectivity index (χ3v) is 3.88. The Kier molecular flexibility index (Phi) is 3.77. The maximum atomic E-state index is 5.48. The largest absolute Gasteiger partial charge is 0.493 e. The molecule has 0 fully saturated rings. The fraction of sp³-hybridized carbons (Fsp3) is 0.333. The number of nitrogens with zero attached hydrogens (tertiary/aromatic N) is 2. The fourth-order valence-electron chi connectivity index (χ4n) is 1.80. The summed E-state index contributed by atoms with van der Waals surface area (Å²) in [6.07, 6.45) is 0. The Balaban J connectivity index is 2.60. The number of ether oxygens (including phenoxy) is 2. The summed E-state index contributed by atoms with van der Waals surface area (Å²) in [6, 6.07) is 3.68. The minimum Gasteiger partial charge on any atom is -0.493 e. The fourth-order valence-corrected chi connectivity index (χ4v) is 2.33. The van der Waals surface area contributed by atoms with Gasteiger partial charge in [0.05, 0.1) is 19.9 Å². The van der Waals surface area contributed by atoms with Crippen molar-refractivity contribution in [3.8, 4) is 11.5 Å². The van der Waals surface area contributed by atoms with Crippen LogP contribution in [0, 0.1) is 0 Å². The number of nitrogens with one attached hydrogen (secondary N) is 1. The quantitative estimate of drug-likeness (QED) is 0.835. The van der Waals surface area contributed by atoms with Gasteiger partial charge in [-0.1, -0.05) is 12.2 Å². The third kappa shape index (κ3) is 2.31. The minimum atomic E-state index is 0.566. The molecule has 7 heteroatoms. The molecular formula is C12H15N3O2S2. The third-order valence-electron chi connectivity index (χ3n) is 3.03. The molecular weight excluding hydrogens is 282 g/mol. The van der Waals surface area contributed by atoms with E-state index in [1.165, 1.54) is 0 Å². The Morgan fingerprint density at radius 1 is 1.00 bits per heavy atom. The van der Waals surface area contributed by atoms with Crippen LogP contribution in [0.5, 0.6) is 11.5 Å². The van der Waals surface area contributed by atoms with Crippen LogP contribution in [-0.4, -0.2) is 48.4 Å². The van der Waals surface area contributed by atoms with Crippen LogP contribution in [0.25, 0.3) is 0 Å². The smallest absolute Gasteiger partial charge is 0.192 e. The first-order valence-corrected chi connectivity index (χ1v) is 6.40. The van der Waals surface area contributed by atoms with E-state index in [9.17, 15) is 0 Å². The molecule has 1 N–H and O–H groups in total. The molecule has 0 unspecified atom stereocenters. The van der Waals surface area contributed by atoms with Gasteiger partial charge in [0.25, 0.3) is 0 Å². The van der Waals surface area contributed by atoms with E-state index in [1.54, 1.807) is 19.2 Å².